The molecule has 26 heavy (non-hydrogen) atoms. The number of benzene rings is 2. The molecule has 2 N–H and O–H groups in total. The van der Waals surface area contributed by atoms with E-state index in [2.05, 4.69) is 20.6 Å². The summed E-state index contributed by atoms with van der Waals surface area (Å²) in [7, 11) is 3.07. The van der Waals surface area contributed by atoms with E-state index in [9.17, 15) is 4.39 Å². The Labute approximate surface area is 155 Å². The molecule has 0 saturated carbocycles. The summed E-state index contributed by atoms with van der Waals surface area (Å²) in [6.45, 7) is 0. The lowest BCUT2D eigenvalue weighted by molar-refractivity contribution is 0.405. The smallest absolute Gasteiger partial charge is 0.144 e. The fourth-order valence-electron chi connectivity index (χ4n) is 2.30. The standard InChI is InChI=1S/C18H16ClFN4O2/c1-25-15-8-14(16(26-2)7-13(15)19)24-18-9-17(21-10-22-18)23-12-5-3-4-11(20)6-12/h3-10H,1-2H3,(H2,21,22,23,24). The Bertz CT molecular complexity index is 923. The zero-order valence-electron chi connectivity index (χ0n) is 14.1. The van der Waals surface area contributed by atoms with E-state index in [-0.39, 0.29) is 5.82 Å². The number of nitrogens with zero attached hydrogens (tertiary/aromatic N) is 2. The number of halogens is 2. The number of nitrogens with one attached hydrogen (secondary N) is 2. The molecule has 1 aromatic heterocycles. The lowest BCUT2D eigenvalue weighted by atomic mass is 10.2. The van der Waals surface area contributed by atoms with Gasteiger partial charge in [0.2, 0.25) is 0 Å². The summed E-state index contributed by atoms with van der Waals surface area (Å²) in [5.41, 5.74) is 1.21. The van der Waals surface area contributed by atoms with Gasteiger partial charge in [-0.2, -0.15) is 0 Å². The fourth-order valence-corrected chi connectivity index (χ4v) is 2.54. The third kappa shape index (κ3) is 4.12. The summed E-state index contributed by atoms with van der Waals surface area (Å²) in [5, 5.41) is 6.59. The first-order valence-electron chi connectivity index (χ1n) is 7.62. The van der Waals surface area contributed by atoms with E-state index in [4.69, 9.17) is 21.1 Å². The van der Waals surface area contributed by atoms with Crippen molar-refractivity contribution in [1.82, 2.24) is 9.97 Å². The highest BCUT2D eigenvalue weighted by atomic mass is 35.5. The molecule has 3 aromatic rings. The van der Waals surface area contributed by atoms with Gasteiger partial charge in [-0.1, -0.05) is 17.7 Å². The molecule has 0 spiro atoms. The van der Waals surface area contributed by atoms with Gasteiger partial charge in [0.15, 0.2) is 0 Å². The second-order valence-corrected chi connectivity index (χ2v) is 5.64. The highest BCUT2D eigenvalue weighted by Crippen LogP contribution is 2.37. The summed E-state index contributed by atoms with van der Waals surface area (Å²) in [4.78, 5) is 8.32. The van der Waals surface area contributed by atoms with Crippen molar-refractivity contribution >= 4 is 34.6 Å². The molecule has 2 aromatic carbocycles. The maximum absolute atomic E-state index is 13.3. The van der Waals surface area contributed by atoms with Gasteiger partial charge in [0.1, 0.15) is 35.3 Å². The van der Waals surface area contributed by atoms with Crippen LogP contribution in [0.4, 0.5) is 27.4 Å². The Hall–Kier alpha value is -3.06. The molecular weight excluding hydrogens is 359 g/mol. The molecule has 6 nitrogen and oxygen atoms in total. The van der Waals surface area contributed by atoms with Crippen LogP contribution in [-0.2, 0) is 0 Å². The maximum atomic E-state index is 13.3. The van der Waals surface area contributed by atoms with Crippen LogP contribution in [0.15, 0.2) is 48.8 Å². The molecule has 0 radical (unpaired) electrons. The van der Waals surface area contributed by atoms with E-state index in [1.807, 2.05) is 0 Å². The summed E-state index contributed by atoms with van der Waals surface area (Å²) < 4.78 is 23.9. The number of rotatable bonds is 6. The Kier molecular flexibility index (Phi) is 5.38. The minimum Gasteiger partial charge on any atom is -0.495 e. The van der Waals surface area contributed by atoms with Gasteiger partial charge in [0.25, 0.3) is 0 Å². The number of hydrogen-bond donors (Lipinski definition) is 2. The van der Waals surface area contributed by atoms with Gasteiger partial charge in [-0.3, -0.25) is 0 Å². The van der Waals surface area contributed by atoms with Crippen LogP contribution in [0.25, 0.3) is 0 Å². The number of ether oxygens (including phenoxy) is 2. The van der Waals surface area contributed by atoms with Crippen molar-refractivity contribution in [3.8, 4) is 11.5 Å². The predicted octanol–water partition coefficient (Wildman–Crippen LogP) is 4.77. The van der Waals surface area contributed by atoms with E-state index < -0.39 is 0 Å². The van der Waals surface area contributed by atoms with Crippen LogP contribution in [0.5, 0.6) is 11.5 Å². The monoisotopic (exact) mass is 374 g/mol. The van der Waals surface area contributed by atoms with Crippen LogP contribution in [0, 0.1) is 5.82 Å². The van der Waals surface area contributed by atoms with Crippen molar-refractivity contribution in [2.45, 2.75) is 0 Å². The third-order valence-electron chi connectivity index (χ3n) is 3.50. The zero-order valence-corrected chi connectivity index (χ0v) is 14.8. The van der Waals surface area contributed by atoms with Crippen LogP contribution < -0.4 is 20.1 Å². The highest BCUT2D eigenvalue weighted by molar-refractivity contribution is 6.32. The first-order valence-corrected chi connectivity index (χ1v) is 8.00. The number of anilines is 4. The first-order chi connectivity index (χ1) is 12.6. The van der Waals surface area contributed by atoms with Gasteiger partial charge in [0, 0.05) is 23.9 Å². The Morgan fingerprint density at radius 1 is 0.923 bits per heavy atom. The molecule has 1 heterocycles. The van der Waals surface area contributed by atoms with Crippen molar-refractivity contribution in [2.24, 2.45) is 0 Å². The Balaban J connectivity index is 1.85. The highest BCUT2D eigenvalue weighted by Gasteiger charge is 2.11. The van der Waals surface area contributed by atoms with Crippen molar-refractivity contribution in [3.05, 3.63) is 59.6 Å². The van der Waals surface area contributed by atoms with Crippen LogP contribution in [-0.4, -0.2) is 24.2 Å². The van der Waals surface area contributed by atoms with E-state index in [0.717, 1.165) is 0 Å². The lowest BCUT2D eigenvalue weighted by Gasteiger charge is -2.14. The van der Waals surface area contributed by atoms with Gasteiger partial charge in [0.05, 0.1) is 24.9 Å². The second-order valence-electron chi connectivity index (χ2n) is 5.24. The summed E-state index contributed by atoms with van der Waals surface area (Å²) in [6.07, 6.45) is 1.39. The average Bonchev–Trinajstić information content (AvgIpc) is 2.63. The van der Waals surface area contributed by atoms with Crippen molar-refractivity contribution in [3.63, 3.8) is 0 Å². The molecule has 0 aliphatic heterocycles. The van der Waals surface area contributed by atoms with E-state index in [0.29, 0.717) is 39.5 Å². The molecule has 0 aliphatic carbocycles. The minimum atomic E-state index is -0.333. The van der Waals surface area contributed by atoms with Crippen LogP contribution >= 0.6 is 11.6 Å². The third-order valence-corrected chi connectivity index (χ3v) is 3.80. The topological polar surface area (TPSA) is 68.3 Å². The Morgan fingerprint density at radius 3 is 2.35 bits per heavy atom. The molecular formula is C18H16ClFN4O2. The van der Waals surface area contributed by atoms with Gasteiger partial charge >= 0.3 is 0 Å². The molecule has 8 heteroatoms. The normalized spacial score (nSPS) is 10.3. The Morgan fingerprint density at radius 2 is 1.65 bits per heavy atom. The lowest BCUT2D eigenvalue weighted by Crippen LogP contribution is -2.00. The average molecular weight is 375 g/mol. The van der Waals surface area contributed by atoms with Crippen LogP contribution in [0.3, 0.4) is 0 Å². The molecule has 0 aliphatic rings. The minimum absolute atomic E-state index is 0.333. The van der Waals surface area contributed by atoms with Crippen molar-refractivity contribution < 1.29 is 13.9 Å². The van der Waals surface area contributed by atoms with Gasteiger partial charge in [-0.05, 0) is 18.2 Å². The van der Waals surface area contributed by atoms with Crippen molar-refractivity contribution in [2.75, 3.05) is 24.9 Å². The van der Waals surface area contributed by atoms with Crippen molar-refractivity contribution in [1.29, 1.82) is 0 Å². The predicted molar refractivity (Wildman–Crippen MR) is 99.6 cm³/mol. The maximum Gasteiger partial charge on any atom is 0.144 e. The fraction of sp³-hybridized carbons (Fsp3) is 0.111. The van der Waals surface area contributed by atoms with E-state index in [1.54, 1.807) is 37.4 Å². The summed E-state index contributed by atoms with van der Waals surface area (Å²) >= 11 is 6.11. The summed E-state index contributed by atoms with van der Waals surface area (Å²) in [6, 6.07) is 11.2. The molecule has 0 bridgehead atoms. The number of aromatic nitrogens is 2. The number of hydrogen-bond acceptors (Lipinski definition) is 6. The second kappa shape index (κ2) is 7.88. The van der Waals surface area contributed by atoms with Gasteiger partial charge < -0.3 is 20.1 Å². The SMILES string of the molecule is COc1cc(Nc2cc(Nc3cccc(F)c3)ncn2)c(OC)cc1Cl. The number of methoxy groups -OCH3 is 2. The molecule has 0 amide bonds. The van der Waals surface area contributed by atoms with Gasteiger partial charge in [-0.25, -0.2) is 14.4 Å². The van der Waals surface area contributed by atoms with E-state index >= 15 is 0 Å². The summed E-state index contributed by atoms with van der Waals surface area (Å²) in [5.74, 6) is 1.73. The molecule has 0 atom stereocenters. The largest absolute Gasteiger partial charge is 0.495 e. The first kappa shape index (κ1) is 17.8. The molecule has 0 fully saturated rings. The molecule has 134 valence electrons. The quantitative estimate of drug-likeness (QED) is 0.647. The van der Waals surface area contributed by atoms with Crippen LogP contribution in [0.1, 0.15) is 0 Å². The zero-order chi connectivity index (χ0) is 18.5. The molecule has 0 saturated heterocycles. The van der Waals surface area contributed by atoms with E-state index in [1.165, 1.54) is 25.6 Å². The molecule has 0 unspecified atom stereocenters. The molecule has 3 rings (SSSR count). The van der Waals surface area contributed by atoms with Gasteiger partial charge in [-0.15, -0.1) is 0 Å². The van der Waals surface area contributed by atoms with Crippen LogP contribution in [0.2, 0.25) is 5.02 Å².